The van der Waals surface area contributed by atoms with E-state index < -0.39 is 6.55 Å². The number of aromatic hydroxyl groups is 1. The molecule has 2 rings (SSSR count). The maximum absolute atomic E-state index is 12.5. The fourth-order valence-corrected chi connectivity index (χ4v) is 1.59. The molecule has 18 heavy (non-hydrogen) atoms. The molecule has 1 aromatic heterocycles. The van der Waals surface area contributed by atoms with Crippen LogP contribution in [0, 0.1) is 6.92 Å². The maximum atomic E-state index is 12.5. The van der Waals surface area contributed by atoms with Crippen molar-refractivity contribution in [1.29, 1.82) is 0 Å². The Hall–Kier alpha value is -2.11. The summed E-state index contributed by atoms with van der Waals surface area (Å²) in [6, 6.07) is 4.70. The first-order valence-corrected chi connectivity index (χ1v) is 5.29. The zero-order valence-corrected chi connectivity index (χ0v) is 9.68. The van der Waals surface area contributed by atoms with Crippen LogP contribution >= 0.6 is 0 Å². The van der Waals surface area contributed by atoms with Crippen molar-refractivity contribution < 1.29 is 18.6 Å². The maximum Gasteiger partial charge on any atom is 0.320 e. The number of imidazole rings is 1. The van der Waals surface area contributed by atoms with Crippen LogP contribution in [0.5, 0.6) is 11.5 Å². The second kappa shape index (κ2) is 5.03. The van der Waals surface area contributed by atoms with Gasteiger partial charge in [-0.05, 0) is 24.6 Å². The number of phenols is 1. The van der Waals surface area contributed by atoms with Crippen LogP contribution in [0.25, 0.3) is 0 Å². The Kier molecular flexibility index (Phi) is 3.45. The lowest BCUT2D eigenvalue weighted by Gasteiger charge is -2.09. The van der Waals surface area contributed by atoms with Gasteiger partial charge in [0.25, 0.3) is 0 Å². The van der Waals surface area contributed by atoms with E-state index in [9.17, 15) is 13.9 Å². The van der Waals surface area contributed by atoms with Crippen molar-refractivity contribution in [3.05, 3.63) is 42.0 Å². The molecule has 0 aliphatic carbocycles. The molecule has 0 saturated heterocycles. The van der Waals surface area contributed by atoms with Gasteiger partial charge in [0.05, 0.1) is 0 Å². The van der Waals surface area contributed by atoms with E-state index in [2.05, 4.69) is 4.98 Å². The predicted octanol–water partition coefficient (Wildman–Crippen LogP) is 2.87. The molecule has 0 bridgehead atoms. The molecule has 4 nitrogen and oxygen atoms in total. The number of phenolic OH excluding ortho intramolecular Hbond substituents is 1. The van der Waals surface area contributed by atoms with Gasteiger partial charge in [0.1, 0.15) is 18.1 Å². The molecular weight excluding hydrogens is 242 g/mol. The number of rotatable bonds is 4. The van der Waals surface area contributed by atoms with E-state index in [-0.39, 0.29) is 18.2 Å². The lowest BCUT2D eigenvalue weighted by Crippen LogP contribution is -2.07. The Labute approximate surface area is 102 Å². The van der Waals surface area contributed by atoms with Crippen LogP contribution in [0.15, 0.2) is 30.6 Å². The number of nitrogens with zero attached hydrogens (tertiary/aromatic N) is 2. The predicted molar refractivity (Wildman–Crippen MR) is 60.7 cm³/mol. The minimum absolute atomic E-state index is 0.0715. The average Bonchev–Trinajstić information content (AvgIpc) is 2.73. The number of ether oxygens (including phenoxy) is 1. The molecule has 1 N–H and O–H groups in total. The van der Waals surface area contributed by atoms with Crippen LogP contribution in [-0.4, -0.2) is 14.7 Å². The Morgan fingerprint density at radius 3 is 2.83 bits per heavy atom. The van der Waals surface area contributed by atoms with Gasteiger partial charge < -0.3 is 9.84 Å². The van der Waals surface area contributed by atoms with Gasteiger partial charge in [-0.2, -0.15) is 8.78 Å². The number of aromatic nitrogens is 2. The SMILES string of the molecule is Cc1cc(O)cc(OCc2nccn2C(F)F)c1. The van der Waals surface area contributed by atoms with E-state index in [1.54, 1.807) is 19.1 Å². The van der Waals surface area contributed by atoms with Gasteiger partial charge in [0.2, 0.25) is 0 Å². The third-order valence-corrected chi connectivity index (χ3v) is 2.36. The van der Waals surface area contributed by atoms with Crippen molar-refractivity contribution in [3.63, 3.8) is 0 Å². The van der Waals surface area contributed by atoms with Gasteiger partial charge in [0, 0.05) is 18.5 Å². The van der Waals surface area contributed by atoms with Gasteiger partial charge in [-0.25, -0.2) is 4.98 Å². The van der Waals surface area contributed by atoms with E-state index >= 15 is 0 Å². The molecule has 0 fully saturated rings. The number of hydrogen-bond acceptors (Lipinski definition) is 3. The van der Waals surface area contributed by atoms with Crippen LogP contribution in [-0.2, 0) is 6.61 Å². The summed E-state index contributed by atoms with van der Waals surface area (Å²) >= 11 is 0. The van der Waals surface area contributed by atoms with Gasteiger partial charge in [-0.1, -0.05) is 0 Å². The van der Waals surface area contributed by atoms with E-state index in [1.807, 2.05) is 0 Å². The van der Waals surface area contributed by atoms with Crippen LogP contribution in [0.1, 0.15) is 17.9 Å². The van der Waals surface area contributed by atoms with Gasteiger partial charge in [-0.15, -0.1) is 0 Å². The standard InChI is InChI=1S/C12H12F2N2O2/c1-8-4-9(17)6-10(5-8)18-7-11-15-2-3-16(11)12(13)14/h2-6,12,17H,7H2,1H3. The zero-order chi connectivity index (χ0) is 13.1. The minimum atomic E-state index is -2.64. The average molecular weight is 254 g/mol. The summed E-state index contributed by atoms with van der Waals surface area (Å²) < 4.78 is 31.1. The molecule has 96 valence electrons. The van der Waals surface area contributed by atoms with Crippen LogP contribution < -0.4 is 4.74 Å². The molecule has 0 aliphatic rings. The highest BCUT2D eigenvalue weighted by atomic mass is 19.3. The van der Waals surface area contributed by atoms with Crippen molar-refractivity contribution >= 4 is 0 Å². The van der Waals surface area contributed by atoms with E-state index in [0.29, 0.717) is 5.75 Å². The number of hydrogen-bond donors (Lipinski definition) is 1. The summed E-state index contributed by atoms with van der Waals surface area (Å²) in [5.74, 6) is 0.615. The van der Waals surface area contributed by atoms with Crippen molar-refractivity contribution in [1.82, 2.24) is 9.55 Å². The third-order valence-electron chi connectivity index (χ3n) is 2.36. The number of benzene rings is 1. The first kappa shape index (κ1) is 12.3. The minimum Gasteiger partial charge on any atom is -0.508 e. The summed E-state index contributed by atoms with van der Waals surface area (Å²) in [5, 5.41) is 9.37. The van der Waals surface area contributed by atoms with Crippen molar-refractivity contribution in [2.45, 2.75) is 20.1 Å². The second-order valence-corrected chi connectivity index (χ2v) is 3.82. The first-order chi connectivity index (χ1) is 8.56. The first-order valence-electron chi connectivity index (χ1n) is 5.29. The molecule has 0 aliphatic heterocycles. The molecule has 0 saturated carbocycles. The van der Waals surface area contributed by atoms with Gasteiger partial charge in [0.15, 0.2) is 5.82 Å². The van der Waals surface area contributed by atoms with Crippen LogP contribution in [0.4, 0.5) is 8.78 Å². The summed E-state index contributed by atoms with van der Waals surface area (Å²) in [5.41, 5.74) is 0.821. The van der Waals surface area contributed by atoms with E-state index in [0.717, 1.165) is 10.1 Å². The topological polar surface area (TPSA) is 47.3 Å². The Morgan fingerprint density at radius 1 is 1.39 bits per heavy atom. The molecule has 0 amide bonds. The molecular formula is C12H12F2N2O2. The summed E-state index contributed by atoms with van der Waals surface area (Å²) in [4.78, 5) is 3.79. The molecule has 6 heteroatoms. The fraction of sp³-hybridized carbons (Fsp3) is 0.250. The van der Waals surface area contributed by atoms with Crippen molar-refractivity contribution in [2.75, 3.05) is 0 Å². The van der Waals surface area contributed by atoms with Crippen LogP contribution in [0.3, 0.4) is 0 Å². The molecule has 1 aromatic carbocycles. The molecule has 0 unspecified atom stereocenters. The summed E-state index contributed by atoms with van der Waals surface area (Å²) in [6.07, 6.45) is 2.48. The second-order valence-electron chi connectivity index (χ2n) is 3.82. The zero-order valence-electron chi connectivity index (χ0n) is 9.68. The Morgan fingerprint density at radius 2 is 2.17 bits per heavy atom. The largest absolute Gasteiger partial charge is 0.508 e. The monoisotopic (exact) mass is 254 g/mol. The lowest BCUT2D eigenvalue weighted by atomic mass is 10.2. The molecule has 1 heterocycles. The smallest absolute Gasteiger partial charge is 0.320 e. The van der Waals surface area contributed by atoms with E-state index in [4.69, 9.17) is 4.74 Å². The van der Waals surface area contributed by atoms with Gasteiger partial charge in [-0.3, -0.25) is 4.57 Å². The highest BCUT2D eigenvalue weighted by molar-refractivity contribution is 5.36. The number of halogens is 2. The summed E-state index contributed by atoms with van der Waals surface area (Å²) in [7, 11) is 0. The van der Waals surface area contributed by atoms with E-state index in [1.165, 1.54) is 18.5 Å². The third kappa shape index (κ3) is 2.77. The van der Waals surface area contributed by atoms with Crippen molar-refractivity contribution in [2.24, 2.45) is 0 Å². The fourth-order valence-electron chi connectivity index (χ4n) is 1.59. The molecule has 0 spiro atoms. The quantitative estimate of drug-likeness (QED) is 0.912. The normalized spacial score (nSPS) is 10.9. The molecule has 0 atom stereocenters. The number of alkyl halides is 2. The van der Waals surface area contributed by atoms with Crippen LogP contribution in [0.2, 0.25) is 0 Å². The molecule has 0 radical (unpaired) electrons. The summed E-state index contributed by atoms with van der Waals surface area (Å²) in [6.45, 7) is -0.926. The lowest BCUT2D eigenvalue weighted by molar-refractivity contribution is 0.0632. The Bertz CT molecular complexity index is 520. The highest BCUT2D eigenvalue weighted by Gasteiger charge is 2.11. The highest BCUT2D eigenvalue weighted by Crippen LogP contribution is 2.22. The Balaban J connectivity index is 2.09. The number of aryl methyl sites for hydroxylation is 1. The molecule has 2 aromatic rings. The van der Waals surface area contributed by atoms with Gasteiger partial charge >= 0.3 is 6.55 Å². The van der Waals surface area contributed by atoms with Crippen molar-refractivity contribution in [3.8, 4) is 11.5 Å².